The second-order valence-electron chi connectivity index (χ2n) is 22.9. The summed E-state index contributed by atoms with van der Waals surface area (Å²) in [6.45, 7) is -5.13. The van der Waals surface area contributed by atoms with Crippen LogP contribution in [0.2, 0.25) is 0 Å². The molecule has 31 atom stereocenters. The van der Waals surface area contributed by atoms with E-state index in [4.69, 9.17) is 47.4 Å². The van der Waals surface area contributed by atoms with Crippen molar-refractivity contribution in [2.45, 2.75) is 229 Å². The Bertz CT molecular complexity index is 2660. The maximum Gasteiger partial charge on any atom is 0.397 e. The summed E-state index contributed by atoms with van der Waals surface area (Å²) in [7, 11) is -5.44. The minimum atomic E-state index is -5.44. The summed E-state index contributed by atoms with van der Waals surface area (Å²) < 4.78 is 93.9. The Labute approximate surface area is 537 Å². The van der Waals surface area contributed by atoms with E-state index in [9.17, 15) is 144 Å². The lowest BCUT2D eigenvalue weighted by atomic mass is 9.88. The van der Waals surface area contributed by atoms with Crippen molar-refractivity contribution in [3.63, 3.8) is 0 Å². The normalized spacial score (nSPS) is 38.8. The molecular weight excluding hydrogens is 1330 g/mol. The van der Waals surface area contributed by atoms with E-state index >= 15 is 0 Å². The van der Waals surface area contributed by atoms with Gasteiger partial charge >= 0.3 is 22.3 Å². The van der Waals surface area contributed by atoms with Crippen molar-refractivity contribution in [3.05, 3.63) is 0 Å². The first-order chi connectivity index (χ1) is 44.3. The molecule has 0 saturated carbocycles. The molecule has 44 nitrogen and oxygen atoms in total. The molecule has 5 aliphatic heterocycles. The van der Waals surface area contributed by atoms with Crippen LogP contribution in [0.5, 0.6) is 0 Å². The van der Waals surface area contributed by atoms with Crippen LogP contribution in [-0.4, -0.2) is 386 Å². The van der Waals surface area contributed by atoms with Gasteiger partial charge in [0.1, 0.15) is 128 Å². The van der Waals surface area contributed by atoms with Gasteiger partial charge in [0, 0.05) is 40.5 Å². The summed E-state index contributed by atoms with van der Waals surface area (Å²) in [5.74, 6) is -14.8. The number of ether oxygens (including phenoxy) is 10. The van der Waals surface area contributed by atoms with Gasteiger partial charge in [0.05, 0.1) is 76.6 Å². The molecule has 5 heterocycles. The van der Waals surface area contributed by atoms with Crippen molar-refractivity contribution in [1.29, 1.82) is 0 Å². The van der Waals surface area contributed by atoms with Crippen molar-refractivity contribution < 1.29 is 195 Å². The molecule has 5 saturated heterocycles. The van der Waals surface area contributed by atoms with Crippen molar-refractivity contribution in [2.24, 2.45) is 0 Å². The van der Waals surface area contributed by atoms with E-state index in [-0.39, 0.29) is 0 Å². The zero-order valence-corrected chi connectivity index (χ0v) is 51.5. The molecule has 95 heavy (non-hydrogen) atoms. The summed E-state index contributed by atoms with van der Waals surface area (Å²) in [5, 5.41) is 227. The molecule has 0 aliphatic carbocycles. The van der Waals surface area contributed by atoms with E-state index < -0.39 is 294 Å². The number of hydrogen-bond donors (Lipinski definition) is 25. The number of amides is 4. The van der Waals surface area contributed by atoms with Crippen LogP contribution >= 0.6 is 0 Å². The number of carbonyl (C=O) groups is 6. The molecule has 0 aromatic carbocycles. The van der Waals surface area contributed by atoms with Crippen molar-refractivity contribution in [3.8, 4) is 0 Å². The highest BCUT2D eigenvalue weighted by molar-refractivity contribution is 7.80. The minimum absolute atomic E-state index is 0.872. The molecule has 0 aromatic rings. The van der Waals surface area contributed by atoms with E-state index in [1.54, 1.807) is 0 Å². The van der Waals surface area contributed by atoms with Crippen LogP contribution in [0.25, 0.3) is 0 Å². The van der Waals surface area contributed by atoms with E-state index in [0.29, 0.717) is 0 Å². The fourth-order valence-electron chi connectivity index (χ4n) is 11.2. The molecule has 45 heteroatoms. The topological polar surface area (TPSA) is 711 Å². The summed E-state index contributed by atoms with van der Waals surface area (Å²) in [6, 6.07) is -7.36. The average Bonchev–Trinajstić information content (AvgIpc) is 0.762. The van der Waals surface area contributed by atoms with Gasteiger partial charge in [0.15, 0.2) is 18.9 Å². The minimum Gasteiger partial charge on any atom is -0.477 e. The van der Waals surface area contributed by atoms with Gasteiger partial charge in [-0.3, -0.25) is 23.7 Å². The smallest absolute Gasteiger partial charge is 0.397 e. The second kappa shape index (κ2) is 34.6. The molecule has 0 unspecified atom stereocenters. The fraction of sp³-hybridized carbons (Fsp3) is 0.880. The van der Waals surface area contributed by atoms with Crippen LogP contribution in [-0.2, 0) is 90.7 Å². The maximum absolute atomic E-state index is 13.1. The first-order valence-corrected chi connectivity index (χ1v) is 30.3. The molecule has 550 valence electrons. The van der Waals surface area contributed by atoms with E-state index in [1.807, 2.05) is 0 Å². The Morgan fingerprint density at radius 3 is 1.38 bits per heavy atom. The first kappa shape index (κ1) is 81.2. The van der Waals surface area contributed by atoms with Gasteiger partial charge in [0.25, 0.3) is 11.6 Å². The van der Waals surface area contributed by atoms with Crippen molar-refractivity contribution in [1.82, 2.24) is 21.3 Å². The Balaban J connectivity index is 1.43. The number of aliphatic hydroxyl groups is 18. The predicted octanol–water partition coefficient (Wildman–Crippen LogP) is -15.7. The van der Waals surface area contributed by atoms with E-state index in [2.05, 4.69) is 25.5 Å². The van der Waals surface area contributed by atoms with Crippen molar-refractivity contribution >= 4 is 46.0 Å². The fourth-order valence-corrected chi connectivity index (χ4v) is 11.5. The zero-order chi connectivity index (χ0) is 71.7. The van der Waals surface area contributed by atoms with Crippen LogP contribution in [0.1, 0.15) is 40.5 Å². The summed E-state index contributed by atoms with van der Waals surface area (Å²) in [5.41, 5.74) is 0. The number of carbonyl (C=O) groups excluding carboxylic acids is 4. The van der Waals surface area contributed by atoms with Gasteiger partial charge in [-0.1, -0.05) is 0 Å². The Kier molecular flexibility index (Phi) is 29.6. The Morgan fingerprint density at radius 2 is 0.968 bits per heavy atom. The third-order valence-electron chi connectivity index (χ3n) is 15.8. The summed E-state index contributed by atoms with van der Waals surface area (Å²) >= 11 is 0. The van der Waals surface area contributed by atoms with Gasteiger partial charge in [-0.25, -0.2) is 13.8 Å². The lowest BCUT2D eigenvalue weighted by molar-refractivity contribution is -0.382. The van der Waals surface area contributed by atoms with Crippen LogP contribution < -0.4 is 21.3 Å². The number of aliphatic hydroxyl groups excluding tert-OH is 18. The third-order valence-corrected chi connectivity index (χ3v) is 16.3. The molecule has 0 radical (unpaired) electrons. The Hall–Kier alpha value is -4.43. The molecular formula is C50H84N4O40S. The highest BCUT2D eigenvalue weighted by Gasteiger charge is 2.63. The molecule has 5 aliphatic rings. The van der Waals surface area contributed by atoms with Gasteiger partial charge < -0.3 is 171 Å². The lowest BCUT2D eigenvalue weighted by Gasteiger charge is -2.51. The predicted molar refractivity (Wildman–Crippen MR) is 293 cm³/mol. The Morgan fingerprint density at radius 1 is 0.537 bits per heavy atom. The molecule has 5 fully saturated rings. The van der Waals surface area contributed by atoms with Gasteiger partial charge in [0.2, 0.25) is 23.6 Å². The number of hydrogen-bond acceptors (Lipinski definition) is 37. The van der Waals surface area contributed by atoms with Crippen LogP contribution in [0.3, 0.4) is 0 Å². The number of aliphatic carboxylic acids is 2. The number of nitrogens with one attached hydrogen (secondary N) is 4. The van der Waals surface area contributed by atoms with Gasteiger partial charge in [-0.05, 0) is 0 Å². The molecule has 5 rings (SSSR count). The average molecular weight is 1410 g/mol. The number of carboxylic acids is 2. The van der Waals surface area contributed by atoms with Gasteiger partial charge in [-0.15, -0.1) is 0 Å². The second-order valence-corrected chi connectivity index (χ2v) is 24.0. The van der Waals surface area contributed by atoms with Gasteiger partial charge in [-0.2, -0.15) is 8.42 Å². The summed E-state index contributed by atoms with van der Waals surface area (Å²) in [4.78, 5) is 75.6. The van der Waals surface area contributed by atoms with E-state index in [0.717, 1.165) is 27.7 Å². The maximum atomic E-state index is 13.1. The highest BCUT2D eigenvalue weighted by atomic mass is 32.3. The largest absolute Gasteiger partial charge is 0.477 e. The zero-order valence-electron chi connectivity index (χ0n) is 50.7. The molecule has 4 amide bonds. The lowest BCUT2D eigenvalue weighted by Crippen LogP contribution is -2.71. The standard InChI is InChI=1S/C50H84N4O40S/c1-14(60)51-18(7-55)38(89-45-36(75)42(33(72)24(10-58)86-45)93-49(47(77)78)5-19(64)27(52-15(2)61)40(91-49)30(69)21(66)8-56)32(71)23(68)12-84-44-29(54-17(4)63)35(74)39(25(11-59)87-44)90-46-37(76)43(34(73)26(88-46)13-85-95(81,82)83)94-50(48(79)80)6-20(65)28(53-16(3)62)41(92-50)31(70)22(67)9-57/h18-46,55-59,64-76H,5-13H2,1-4H3,(H,51,60)(H,52,61)(H,53,62)(H,54,63)(H,77,78)(H,79,80)(H,81,82,83)/t18-,19-,20-,21+,22+,23+,24+,25+,26+,27+,28+,29+,30+,31+,32-,33-,34-,35+,36+,37+,38+,39+,40+,41+,42-,43-,44+,45-,46-,49-,50-/m0/s1. The first-order valence-electron chi connectivity index (χ1n) is 28.9. The number of carboxylic acid groups (broad SMARTS) is 2. The third kappa shape index (κ3) is 19.7. The van der Waals surface area contributed by atoms with Crippen molar-refractivity contribution in [2.75, 3.05) is 46.2 Å². The quantitative estimate of drug-likeness (QED) is 0.0278. The van der Waals surface area contributed by atoms with Crippen LogP contribution in [0.4, 0.5) is 0 Å². The van der Waals surface area contributed by atoms with E-state index in [1.165, 1.54) is 0 Å². The molecule has 0 spiro atoms. The monoisotopic (exact) mass is 1410 g/mol. The SMILES string of the molecule is CC(=O)N[C@H]1[C@H](OC[C@@H](O)[C@H](O)[C@H](O[C@@H]2O[C@H](CO)[C@H](O)[C@H](O[C@]3(C(=O)O)C[C@H](O)[C@@H](NC(C)=O)[C@H]([C@H](O)[C@H](O)CO)O3)[C@H]2O)[C@H](CO)NC(C)=O)O[C@H](CO)[C@@H](O[C@@H]2O[C@H](COS(=O)(=O)O)[C@H](O)[C@H](O[C@]3(C(=O)O)C[C@H](O)[C@@H](NC(C)=O)[C@H]([C@H](O)[C@H](O)CO)O3)[C@H]2O)[C@@H]1O. The molecule has 0 bridgehead atoms. The molecule has 0 aromatic heterocycles. The molecule has 25 N–H and O–H groups in total. The van der Waals surface area contributed by atoms with Crippen LogP contribution in [0.15, 0.2) is 0 Å². The number of rotatable bonds is 32. The van der Waals surface area contributed by atoms with Crippen LogP contribution in [0, 0.1) is 0 Å². The summed E-state index contributed by atoms with van der Waals surface area (Å²) in [6.07, 6.45) is -59.8. The highest BCUT2D eigenvalue weighted by Crippen LogP contribution is 2.41.